The average molecular weight is 405 g/mol. The molecule has 28 heavy (non-hydrogen) atoms. The number of fused-ring (bicyclic) bond motifs is 1. The van der Waals surface area contributed by atoms with Gasteiger partial charge in [-0.15, -0.1) is 0 Å². The molecule has 1 fully saturated rings. The van der Waals surface area contributed by atoms with E-state index in [2.05, 4.69) is 20.0 Å². The predicted octanol–water partition coefficient (Wildman–Crippen LogP) is 1.68. The van der Waals surface area contributed by atoms with Crippen LogP contribution in [-0.2, 0) is 16.6 Å². The van der Waals surface area contributed by atoms with Gasteiger partial charge >= 0.3 is 0 Å². The van der Waals surface area contributed by atoms with Gasteiger partial charge in [-0.2, -0.15) is 4.31 Å². The smallest absolute Gasteiger partial charge is 0.248 e. The number of piperazine rings is 1. The van der Waals surface area contributed by atoms with Gasteiger partial charge in [-0.25, -0.2) is 13.4 Å². The molecule has 4 rings (SSSR count). The average Bonchev–Trinajstić information content (AvgIpc) is 3.23. The first-order valence-corrected chi connectivity index (χ1v) is 10.5. The number of hydrogen-bond acceptors (Lipinski definition) is 7. The maximum atomic E-state index is 12.9. The number of methoxy groups -OCH3 is 1. The third-order valence-electron chi connectivity index (χ3n) is 5.01. The van der Waals surface area contributed by atoms with E-state index >= 15 is 0 Å². The number of benzene rings is 1. The fourth-order valence-corrected chi connectivity index (χ4v) is 5.27. The highest BCUT2D eigenvalue weighted by atomic mass is 32.2. The molecule has 3 heterocycles. The van der Waals surface area contributed by atoms with Crippen LogP contribution in [0.2, 0.25) is 0 Å². The first-order valence-electron chi connectivity index (χ1n) is 9.06. The Morgan fingerprint density at radius 2 is 1.96 bits per heavy atom. The Hall–Kier alpha value is -2.43. The summed E-state index contributed by atoms with van der Waals surface area (Å²) < 4.78 is 37.6. The highest BCUT2D eigenvalue weighted by Gasteiger charge is 2.33. The van der Waals surface area contributed by atoms with E-state index in [1.807, 2.05) is 18.2 Å². The highest BCUT2D eigenvalue weighted by molar-refractivity contribution is 7.89. The van der Waals surface area contributed by atoms with E-state index in [-0.39, 0.29) is 4.90 Å². The zero-order chi connectivity index (χ0) is 19.9. The van der Waals surface area contributed by atoms with Crippen LogP contribution in [0.5, 0.6) is 5.75 Å². The van der Waals surface area contributed by atoms with Crippen LogP contribution in [0.25, 0.3) is 11.0 Å². The molecule has 0 aliphatic carbocycles. The molecule has 0 radical (unpaired) electrons. The molecule has 0 amide bonds. The number of aromatic amines is 1. The molecule has 0 atom stereocenters. The Bertz CT molecular complexity index is 1080. The Morgan fingerprint density at radius 1 is 1.21 bits per heavy atom. The van der Waals surface area contributed by atoms with E-state index in [0.717, 1.165) is 22.6 Å². The van der Waals surface area contributed by atoms with E-state index in [9.17, 15) is 8.42 Å². The molecule has 10 heteroatoms. The lowest BCUT2D eigenvalue weighted by molar-refractivity contribution is 0.178. The van der Waals surface area contributed by atoms with Crippen LogP contribution < -0.4 is 4.74 Å². The first-order chi connectivity index (χ1) is 13.4. The van der Waals surface area contributed by atoms with E-state index in [4.69, 9.17) is 9.26 Å². The highest BCUT2D eigenvalue weighted by Crippen LogP contribution is 2.25. The molecule has 0 spiro atoms. The van der Waals surface area contributed by atoms with Gasteiger partial charge in [0.25, 0.3) is 0 Å². The number of aryl methyl sites for hydroxylation is 2. The van der Waals surface area contributed by atoms with Gasteiger partial charge in [0.1, 0.15) is 22.2 Å². The Morgan fingerprint density at radius 3 is 2.61 bits per heavy atom. The lowest BCUT2D eigenvalue weighted by Gasteiger charge is -2.33. The number of H-pyrrole nitrogens is 1. The van der Waals surface area contributed by atoms with Crippen LogP contribution in [0.15, 0.2) is 27.6 Å². The molecule has 3 aromatic rings. The minimum absolute atomic E-state index is 0.187. The number of rotatable bonds is 5. The van der Waals surface area contributed by atoms with Gasteiger partial charge in [0, 0.05) is 32.2 Å². The molecule has 1 aliphatic rings. The number of ether oxygens (including phenoxy) is 1. The number of nitrogens with one attached hydrogen (secondary N) is 1. The van der Waals surface area contributed by atoms with Crippen molar-refractivity contribution in [1.29, 1.82) is 0 Å². The zero-order valence-electron chi connectivity index (χ0n) is 16.1. The predicted molar refractivity (Wildman–Crippen MR) is 103 cm³/mol. The fraction of sp³-hybridized carbons (Fsp3) is 0.444. The summed E-state index contributed by atoms with van der Waals surface area (Å²) in [5, 5.41) is 3.77. The molecule has 0 bridgehead atoms. The van der Waals surface area contributed by atoms with E-state index < -0.39 is 10.0 Å². The summed E-state index contributed by atoms with van der Waals surface area (Å²) in [5.74, 6) is 1.96. The van der Waals surface area contributed by atoms with Crippen molar-refractivity contribution in [2.24, 2.45) is 0 Å². The third kappa shape index (κ3) is 3.38. The second-order valence-electron chi connectivity index (χ2n) is 6.90. The SMILES string of the molecule is COc1ccc2nc(CN3CCN(S(=O)(=O)c4c(C)noc4C)CC3)[nH]c2c1. The van der Waals surface area contributed by atoms with E-state index in [1.54, 1.807) is 21.0 Å². The summed E-state index contributed by atoms with van der Waals surface area (Å²) in [4.78, 5) is 10.3. The van der Waals surface area contributed by atoms with Crippen molar-refractivity contribution >= 4 is 21.1 Å². The zero-order valence-corrected chi connectivity index (χ0v) is 16.9. The van der Waals surface area contributed by atoms with Gasteiger partial charge in [-0.3, -0.25) is 4.90 Å². The lowest BCUT2D eigenvalue weighted by atomic mass is 10.3. The van der Waals surface area contributed by atoms with Gasteiger partial charge < -0.3 is 14.2 Å². The van der Waals surface area contributed by atoms with Crippen molar-refractivity contribution in [3.63, 3.8) is 0 Å². The Kier molecular flexibility index (Phi) is 4.86. The number of imidazole rings is 1. The van der Waals surface area contributed by atoms with Crippen LogP contribution in [0.4, 0.5) is 0 Å². The lowest BCUT2D eigenvalue weighted by Crippen LogP contribution is -2.48. The van der Waals surface area contributed by atoms with Crippen LogP contribution in [0.1, 0.15) is 17.3 Å². The molecule has 1 aliphatic heterocycles. The molecule has 150 valence electrons. The molecular formula is C18H23N5O4S. The molecule has 1 aromatic carbocycles. The summed E-state index contributed by atoms with van der Waals surface area (Å²) >= 11 is 0. The van der Waals surface area contributed by atoms with Gasteiger partial charge in [0.05, 0.1) is 24.7 Å². The second-order valence-corrected chi connectivity index (χ2v) is 8.77. The van der Waals surface area contributed by atoms with Gasteiger partial charge in [0.15, 0.2) is 5.76 Å². The molecule has 1 saturated heterocycles. The van der Waals surface area contributed by atoms with Crippen molar-refractivity contribution in [3.05, 3.63) is 35.5 Å². The largest absolute Gasteiger partial charge is 0.497 e. The van der Waals surface area contributed by atoms with Crippen LogP contribution in [-0.4, -0.2) is 66.0 Å². The summed E-state index contributed by atoms with van der Waals surface area (Å²) in [6.45, 7) is 6.00. The second kappa shape index (κ2) is 7.19. The normalized spacial score (nSPS) is 16.7. The topological polar surface area (TPSA) is 105 Å². The standard InChI is InChI=1S/C18H23N5O4S/c1-12-18(13(2)27-21-12)28(24,25)23-8-6-22(7-9-23)11-17-19-15-5-4-14(26-3)10-16(15)20-17/h4-5,10H,6-9,11H2,1-3H3,(H,19,20). The van der Waals surface area contributed by atoms with Crippen molar-refractivity contribution < 1.29 is 17.7 Å². The monoisotopic (exact) mass is 405 g/mol. The van der Waals surface area contributed by atoms with Gasteiger partial charge in [-0.1, -0.05) is 5.16 Å². The maximum absolute atomic E-state index is 12.9. The third-order valence-corrected chi connectivity index (χ3v) is 7.15. The molecule has 2 aromatic heterocycles. The summed E-state index contributed by atoms with van der Waals surface area (Å²) in [5.41, 5.74) is 2.21. The number of nitrogens with zero attached hydrogens (tertiary/aromatic N) is 4. The van der Waals surface area contributed by atoms with Gasteiger partial charge in [0.2, 0.25) is 10.0 Å². The van der Waals surface area contributed by atoms with E-state index in [0.29, 0.717) is 44.2 Å². The van der Waals surface area contributed by atoms with Crippen molar-refractivity contribution in [2.45, 2.75) is 25.3 Å². The fourth-order valence-electron chi connectivity index (χ4n) is 3.56. The summed E-state index contributed by atoms with van der Waals surface area (Å²) in [6, 6.07) is 5.72. The number of sulfonamides is 1. The Labute approximate surface area is 163 Å². The molecular weight excluding hydrogens is 382 g/mol. The van der Waals surface area contributed by atoms with Crippen molar-refractivity contribution in [2.75, 3.05) is 33.3 Å². The first kappa shape index (κ1) is 18.9. The van der Waals surface area contributed by atoms with Crippen LogP contribution in [0, 0.1) is 13.8 Å². The van der Waals surface area contributed by atoms with Crippen LogP contribution in [0.3, 0.4) is 0 Å². The number of hydrogen-bond donors (Lipinski definition) is 1. The molecule has 1 N–H and O–H groups in total. The number of aromatic nitrogens is 3. The summed E-state index contributed by atoms with van der Waals surface area (Å²) in [7, 11) is -1.96. The van der Waals surface area contributed by atoms with Crippen LogP contribution >= 0.6 is 0 Å². The Balaban J connectivity index is 1.43. The molecule has 0 unspecified atom stereocenters. The minimum Gasteiger partial charge on any atom is -0.497 e. The minimum atomic E-state index is -3.59. The molecule has 9 nitrogen and oxygen atoms in total. The van der Waals surface area contributed by atoms with Crippen molar-refractivity contribution in [1.82, 2.24) is 24.3 Å². The molecule has 0 saturated carbocycles. The maximum Gasteiger partial charge on any atom is 0.248 e. The van der Waals surface area contributed by atoms with Crippen molar-refractivity contribution in [3.8, 4) is 5.75 Å². The van der Waals surface area contributed by atoms with E-state index in [1.165, 1.54) is 4.31 Å². The summed E-state index contributed by atoms with van der Waals surface area (Å²) in [6.07, 6.45) is 0. The van der Waals surface area contributed by atoms with Gasteiger partial charge in [-0.05, 0) is 26.0 Å². The quantitative estimate of drug-likeness (QED) is 0.689.